The van der Waals surface area contributed by atoms with E-state index in [4.69, 9.17) is 0 Å². The number of nitriles is 1. The van der Waals surface area contributed by atoms with Gasteiger partial charge in [0.1, 0.15) is 12.4 Å². The molecule has 0 atom stereocenters. The van der Waals surface area contributed by atoms with Crippen molar-refractivity contribution in [3.05, 3.63) is 65.3 Å². The molecule has 4 rings (SSSR count). The smallest absolute Gasteiger partial charge is 0.240 e. The Morgan fingerprint density at radius 3 is 2.83 bits per heavy atom. The van der Waals surface area contributed by atoms with Gasteiger partial charge in [-0.15, -0.1) is 5.10 Å². The molecule has 0 N–H and O–H groups in total. The SMILES string of the molecule is CCCc1c(Cc2ccnn2-c2ncccc2C#N)ncn2nc(C(F)F)nc12. The summed E-state index contributed by atoms with van der Waals surface area (Å²) in [5.74, 6) is -0.0888. The van der Waals surface area contributed by atoms with Crippen LogP contribution >= 0.6 is 0 Å². The van der Waals surface area contributed by atoms with Gasteiger partial charge in [-0.2, -0.15) is 10.4 Å². The third kappa shape index (κ3) is 3.42. The van der Waals surface area contributed by atoms with Gasteiger partial charge < -0.3 is 0 Å². The lowest BCUT2D eigenvalue weighted by Crippen LogP contribution is -2.10. The molecule has 0 saturated heterocycles. The minimum Gasteiger partial charge on any atom is -0.240 e. The fourth-order valence-corrected chi connectivity index (χ4v) is 3.19. The first-order valence-corrected chi connectivity index (χ1v) is 9.02. The molecule has 4 aromatic heterocycles. The van der Waals surface area contributed by atoms with E-state index in [0.29, 0.717) is 35.6 Å². The van der Waals surface area contributed by atoms with Crippen LogP contribution < -0.4 is 0 Å². The van der Waals surface area contributed by atoms with Gasteiger partial charge in [-0.05, 0) is 24.6 Å². The predicted molar refractivity (Wildman–Crippen MR) is 98.6 cm³/mol. The summed E-state index contributed by atoms with van der Waals surface area (Å²) in [7, 11) is 0. The fraction of sp³-hybridized carbons (Fsp3) is 0.263. The molecule has 0 amide bonds. The Balaban J connectivity index is 1.79. The lowest BCUT2D eigenvalue weighted by molar-refractivity contribution is 0.140. The van der Waals surface area contributed by atoms with Gasteiger partial charge in [-0.3, -0.25) is 0 Å². The van der Waals surface area contributed by atoms with Crippen molar-refractivity contribution in [2.75, 3.05) is 0 Å². The van der Waals surface area contributed by atoms with Crippen molar-refractivity contribution in [1.82, 2.24) is 34.3 Å². The van der Waals surface area contributed by atoms with E-state index in [1.54, 1.807) is 29.2 Å². The molecule has 146 valence electrons. The number of nitrogens with zero attached hydrogens (tertiary/aromatic N) is 8. The fourth-order valence-electron chi connectivity index (χ4n) is 3.19. The second-order valence-corrected chi connectivity index (χ2v) is 6.36. The number of alkyl halides is 2. The first kappa shape index (κ1) is 18.6. The Kier molecular flexibility index (Phi) is 4.95. The number of aromatic nitrogens is 7. The largest absolute Gasteiger partial charge is 0.299 e. The Labute approximate surface area is 164 Å². The van der Waals surface area contributed by atoms with Crippen molar-refractivity contribution >= 4 is 5.65 Å². The van der Waals surface area contributed by atoms with Crippen molar-refractivity contribution in [1.29, 1.82) is 5.26 Å². The molecule has 0 saturated carbocycles. The molecule has 4 heterocycles. The highest BCUT2D eigenvalue weighted by Gasteiger charge is 2.20. The minimum atomic E-state index is -2.75. The molecule has 0 unspecified atom stereocenters. The summed E-state index contributed by atoms with van der Waals surface area (Å²) in [4.78, 5) is 12.7. The summed E-state index contributed by atoms with van der Waals surface area (Å²) >= 11 is 0. The second kappa shape index (κ2) is 7.71. The molecular formula is C19H16F2N8. The van der Waals surface area contributed by atoms with Gasteiger partial charge in [0.2, 0.25) is 5.82 Å². The van der Waals surface area contributed by atoms with Crippen LogP contribution in [0.15, 0.2) is 36.9 Å². The standard InChI is InChI=1S/C19H16F2N8/c1-2-4-14-15(24-11-28-19(14)26-17(27-28)16(20)21)9-13-6-8-25-29(13)18-12(10-22)5-3-7-23-18/h3,5-8,11,16H,2,4,9H2,1H3. The van der Waals surface area contributed by atoms with Crippen LogP contribution in [0.2, 0.25) is 0 Å². The van der Waals surface area contributed by atoms with Crippen LogP contribution in [0.5, 0.6) is 0 Å². The van der Waals surface area contributed by atoms with Crippen molar-refractivity contribution in [3.63, 3.8) is 0 Å². The maximum atomic E-state index is 13.0. The van der Waals surface area contributed by atoms with E-state index < -0.39 is 12.2 Å². The maximum absolute atomic E-state index is 13.0. The van der Waals surface area contributed by atoms with E-state index in [1.807, 2.05) is 13.0 Å². The number of aryl methyl sites for hydroxylation is 1. The third-order valence-corrected chi connectivity index (χ3v) is 4.46. The molecule has 0 aliphatic heterocycles. The monoisotopic (exact) mass is 394 g/mol. The molecule has 0 aromatic carbocycles. The second-order valence-electron chi connectivity index (χ2n) is 6.36. The molecule has 10 heteroatoms. The lowest BCUT2D eigenvalue weighted by Gasteiger charge is -2.11. The summed E-state index contributed by atoms with van der Waals surface area (Å²) in [6, 6.07) is 7.28. The van der Waals surface area contributed by atoms with Crippen LogP contribution in [-0.2, 0) is 12.8 Å². The number of hydrogen-bond acceptors (Lipinski definition) is 6. The van der Waals surface area contributed by atoms with Gasteiger partial charge in [-0.1, -0.05) is 13.3 Å². The number of rotatable bonds is 6. The van der Waals surface area contributed by atoms with Gasteiger partial charge in [0.05, 0.1) is 17.0 Å². The first-order valence-electron chi connectivity index (χ1n) is 9.02. The van der Waals surface area contributed by atoms with E-state index in [2.05, 4.69) is 31.2 Å². The maximum Gasteiger partial charge on any atom is 0.299 e. The average Bonchev–Trinajstić information content (AvgIpc) is 3.37. The van der Waals surface area contributed by atoms with Gasteiger partial charge >= 0.3 is 0 Å². The van der Waals surface area contributed by atoms with Gasteiger partial charge in [-0.25, -0.2) is 32.9 Å². The summed E-state index contributed by atoms with van der Waals surface area (Å²) in [6.45, 7) is 2.00. The van der Waals surface area contributed by atoms with Crippen molar-refractivity contribution in [3.8, 4) is 11.9 Å². The highest BCUT2D eigenvalue weighted by atomic mass is 19.3. The summed E-state index contributed by atoms with van der Waals surface area (Å²) in [5.41, 5.74) is 3.01. The Morgan fingerprint density at radius 1 is 1.21 bits per heavy atom. The Morgan fingerprint density at radius 2 is 2.07 bits per heavy atom. The van der Waals surface area contributed by atoms with Crippen LogP contribution in [-0.4, -0.2) is 34.3 Å². The molecule has 4 aromatic rings. The Hall–Kier alpha value is -3.74. The Bertz CT molecular complexity index is 1200. The molecule has 8 nitrogen and oxygen atoms in total. The molecule has 0 aliphatic rings. The first-order chi connectivity index (χ1) is 14.1. The summed E-state index contributed by atoms with van der Waals surface area (Å²) < 4.78 is 29.0. The zero-order chi connectivity index (χ0) is 20.4. The van der Waals surface area contributed by atoms with E-state index >= 15 is 0 Å². The van der Waals surface area contributed by atoms with Crippen LogP contribution in [0.25, 0.3) is 11.5 Å². The van der Waals surface area contributed by atoms with Crippen molar-refractivity contribution in [2.24, 2.45) is 0 Å². The van der Waals surface area contributed by atoms with E-state index in [9.17, 15) is 14.0 Å². The molecular weight excluding hydrogens is 378 g/mol. The predicted octanol–water partition coefficient (Wildman–Crippen LogP) is 3.06. The van der Waals surface area contributed by atoms with Crippen LogP contribution in [0.4, 0.5) is 8.78 Å². The molecule has 0 spiro atoms. The third-order valence-electron chi connectivity index (χ3n) is 4.46. The quantitative estimate of drug-likeness (QED) is 0.499. The number of halogens is 2. The normalized spacial score (nSPS) is 11.3. The topological polar surface area (TPSA) is 97.6 Å². The average molecular weight is 394 g/mol. The molecule has 0 bridgehead atoms. The zero-order valence-corrected chi connectivity index (χ0v) is 15.5. The van der Waals surface area contributed by atoms with Crippen LogP contribution in [0, 0.1) is 11.3 Å². The van der Waals surface area contributed by atoms with Crippen LogP contribution in [0.3, 0.4) is 0 Å². The number of fused-ring (bicyclic) bond motifs is 1. The lowest BCUT2D eigenvalue weighted by atomic mass is 10.1. The zero-order valence-electron chi connectivity index (χ0n) is 15.5. The summed E-state index contributed by atoms with van der Waals surface area (Å²) in [5, 5.41) is 17.5. The van der Waals surface area contributed by atoms with Gasteiger partial charge in [0, 0.05) is 24.4 Å². The molecule has 0 fully saturated rings. The van der Waals surface area contributed by atoms with E-state index in [0.717, 1.165) is 17.7 Å². The molecule has 0 aliphatic carbocycles. The minimum absolute atomic E-state index is 0.379. The van der Waals surface area contributed by atoms with E-state index in [1.165, 1.54) is 10.8 Å². The van der Waals surface area contributed by atoms with Crippen molar-refractivity contribution in [2.45, 2.75) is 32.6 Å². The van der Waals surface area contributed by atoms with Gasteiger partial charge in [0.15, 0.2) is 11.5 Å². The van der Waals surface area contributed by atoms with Gasteiger partial charge in [0.25, 0.3) is 6.43 Å². The van der Waals surface area contributed by atoms with E-state index in [-0.39, 0.29) is 0 Å². The highest BCUT2D eigenvalue weighted by Crippen LogP contribution is 2.22. The molecule has 29 heavy (non-hydrogen) atoms. The number of hydrogen-bond donors (Lipinski definition) is 0. The number of pyridine rings is 1. The summed E-state index contributed by atoms with van der Waals surface area (Å²) in [6.07, 6.45) is 3.65. The van der Waals surface area contributed by atoms with Crippen LogP contribution in [0.1, 0.15) is 48.1 Å². The van der Waals surface area contributed by atoms with Crippen molar-refractivity contribution < 1.29 is 8.78 Å². The highest BCUT2D eigenvalue weighted by molar-refractivity contribution is 5.50. The molecule has 0 radical (unpaired) electrons.